The summed E-state index contributed by atoms with van der Waals surface area (Å²) in [6.07, 6.45) is 6.77. The fourth-order valence-corrected chi connectivity index (χ4v) is 2.81. The second-order valence-corrected chi connectivity index (χ2v) is 5.39. The van der Waals surface area contributed by atoms with Crippen LogP contribution in [0.2, 0.25) is 0 Å². The average Bonchev–Trinajstić information content (AvgIpc) is 3.10. The number of hydrogen-bond donors (Lipinski definition) is 2. The summed E-state index contributed by atoms with van der Waals surface area (Å²) in [6.45, 7) is 2.02. The lowest BCUT2D eigenvalue weighted by atomic mass is 10.0. The van der Waals surface area contributed by atoms with Crippen LogP contribution >= 0.6 is 0 Å². The van der Waals surface area contributed by atoms with Crippen LogP contribution in [-0.4, -0.2) is 19.7 Å². The Morgan fingerprint density at radius 2 is 2.05 bits per heavy atom. The van der Waals surface area contributed by atoms with E-state index in [1.807, 2.05) is 30.9 Å². The normalized spacial score (nSPS) is 15.8. The minimum Gasteiger partial charge on any atom is -0.308 e. The molecule has 20 heavy (non-hydrogen) atoms. The number of aryl methyl sites for hydroxylation is 1. The van der Waals surface area contributed by atoms with Gasteiger partial charge in [0, 0.05) is 30.4 Å². The Morgan fingerprint density at radius 3 is 2.65 bits per heavy atom. The first-order valence-corrected chi connectivity index (χ1v) is 7.03. The van der Waals surface area contributed by atoms with E-state index < -0.39 is 0 Å². The molecule has 3 N–H and O–H groups in total. The van der Waals surface area contributed by atoms with Gasteiger partial charge in [-0.05, 0) is 19.8 Å². The van der Waals surface area contributed by atoms with Gasteiger partial charge in [0.1, 0.15) is 5.82 Å². The number of hydrazine groups is 1. The number of aromatic nitrogens is 4. The molecule has 3 rings (SSSR count). The minimum absolute atomic E-state index is 0.529. The standard InChI is InChI=1S/C14H20N6/c1-9-11(8-16-20(9)2)14-17-12(7-13(18-14)19-15)10-5-3-4-6-10/h7-8,10H,3-6,15H2,1-2H3,(H,17,18,19). The van der Waals surface area contributed by atoms with Crippen molar-refractivity contribution in [3.8, 4) is 11.4 Å². The van der Waals surface area contributed by atoms with Gasteiger partial charge in [-0.15, -0.1) is 0 Å². The fraction of sp³-hybridized carbons (Fsp3) is 0.500. The van der Waals surface area contributed by atoms with E-state index in [2.05, 4.69) is 15.5 Å². The van der Waals surface area contributed by atoms with Crippen LogP contribution in [0.1, 0.15) is 43.0 Å². The Labute approximate surface area is 118 Å². The van der Waals surface area contributed by atoms with Crippen LogP contribution in [0.5, 0.6) is 0 Å². The summed E-state index contributed by atoms with van der Waals surface area (Å²) in [5.41, 5.74) is 5.75. The predicted octanol–water partition coefficient (Wildman–Crippen LogP) is 2.13. The van der Waals surface area contributed by atoms with Crippen LogP contribution in [0, 0.1) is 6.92 Å². The molecule has 0 amide bonds. The Balaban J connectivity index is 2.06. The molecule has 6 nitrogen and oxygen atoms in total. The molecule has 106 valence electrons. The number of nitrogens with zero attached hydrogens (tertiary/aromatic N) is 4. The maximum absolute atomic E-state index is 5.55. The average molecular weight is 272 g/mol. The zero-order valence-electron chi connectivity index (χ0n) is 11.9. The summed E-state index contributed by atoms with van der Waals surface area (Å²) in [7, 11) is 1.92. The van der Waals surface area contributed by atoms with Crippen molar-refractivity contribution in [2.24, 2.45) is 12.9 Å². The van der Waals surface area contributed by atoms with Gasteiger partial charge in [0.15, 0.2) is 5.82 Å². The smallest absolute Gasteiger partial charge is 0.165 e. The molecular formula is C14H20N6. The number of anilines is 1. The van der Waals surface area contributed by atoms with E-state index in [0.717, 1.165) is 17.0 Å². The van der Waals surface area contributed by atoms with Gasteiger partial charge in [-0.1, -0.05) is 12.8 Å². The molecular weight excluding hydrogens is 252 g/mol. The Morgan fingerprint density at radius 1 is 1.30 bits per heavy atom. The number of hydrogen-bond acceptors (Lipinski definition) is 5. The topological polar surface area (TPSA) is 81.7 Å². The molecule has 1 saturated carbocycles. The van der Waals surface area contributed by atoms with E-state index >= 15 is 0 Å². The van der Waals surface area contributed by atoms with Gasteiger partial charge in [0.25, 0.3) is 0 Å². The Hall–Kier alpha value is -1.95. The molecule has 0 unspecified atom stereocenters. The summed E-state index contributed by atoms with van der Waals surface area (Å²) in [4.78, 5) is 9.21. The zero-order valence-corrected chi connectivity index (χ0v) is 11.9. The van der Waals surface area contributed by atoms with Gasteiger partial charge >= 0.3 is 0 Å². The molecule has 6 heteroatoms. The highest BCUT2D eigenvalue weighted by molar-refractivity contribution is 5.59. The molecule has 1 fully saturated rings. The van der Waals surface area contributed by atoms with Crippen molar-refractivity contribution >= 4 is 5.82 Å². The lowest BCUT2D eigenvalue weighted by Crippen LogP contribution is -2.11. The molecule has 0 radical (unpaired) electrons. The molecule has 0 aromatic carbocycles. The largest absolute Gasteiger partial charge is 0.308 e. The first-order chi connectivity index (χ1) is 9.69. The van der Waals surface area contributed by atoms with Crippen molar-refractivity contribution in [2.45, 2.75) is 38.5 Å². The minimum atomic E-state index is 0.529. The highest BCUT2D eigenvalue weighted by Gasteiger charge is 2.21. The quantitative estimate of drug-likeness (QED) is 0.660. The highest BCUT2D eigenvalue weighted by Crippen LogP contribution is 2.34. The van der Waals surface area contributed by atoms with Gasteiger partial charge in [0.2, 0.25) is 0 Å². The van der Waals surface area contributed by atoms with E-state index in [-0.39, 0.29) is 0 Å². The predicted molar refractivity (Wildman–Crippen MR) is 78.0 cm³/mol. The fourth-order valence-electron chi connectivity index (χ4n) is 2.81. The van der Waals surface area contributed by atoms with Crippen molar-refractivity contribution in [3.63, 3.8) is 0 Å². The summed E-state index contributed by atoms with van der Waals surface area (Å²) in [5, 5.41) is 4.26. The zero-order chi connectivity index (χ0) is 14.1. The van der Waals surface area contributed by atoms with Gasteiger partial charge in [-0.2, -0.15) is 5.10 Å². The lowest BCUT2D eigenvalue weighted by Gasteiger charge is -2.12. The van der Waals surface area contributed by atoms with Gasteiger partial charge in [-0.3, -0.25) is 4.68 Å². The van der Waals surface area contributed by atoms with Crippen LogP contribution in [0.25, 0.3) is 11.4 Å². The molecule has 1 aliphatic rings. The van der Waals surface area contributed by atoms with Gasteiger partial charge in [-0.25, -0.2) is 15.8 Å². The monoisotopic (exact) mass is 272 g/mol. The van der Waals surface area contributed by atoms with Crippen molar-refractivity contribution < 1.29 is 0 Å². The number of nitrogens with two attached hydrogens (primary N) is 1. The highest BCUT2D eigenvalue weighted by atomic mass is 15.3. The molecule has 0 aliphatic heterocycles. The third-order valence-electron chi connectivity index (χ3n) is 4.14. The van der Waals surface area contributed by atoms with Crippen molar-refractivity contribution in [2.75, 3.05) is 5.43 Å². The molecule has 0 atom stereocenters. The molecule has 0 spiro atoms. The second kappa shape index (κ2) is 5.20. The molecule has 0 saturated heterocycles. The Kier molecular flexibility index (Phi) is 3.40. The van der Waals surface area contributed by atoms with Crippen molar-refractivity contribution in [1.82, 2.24) is 19.7 Å². The summed E-state index contributed by atoms with van der Waals surface area (Å²) in [5.74, 6) is 7.44. The van der Waals surface area contributed by atoms with E-state index in [0.29, 0.717) is 17.6 Å². The van der Waals surface area contributed by atoms with E-state index in [1.165, 1.54) is 25.7 Å². The first kappa shape index (κ1) is 13.1. The third kappa shape index (κ3) is 2.27. The maximum Gasteiger partial charge on any atom is 0.165 e. The van der Waals surface area contributed by atoms with Gasteiger partial charge < -0.3 is 5.43 Å². The molecule has 2 aromatic rings. The molecule has 2 aromatic heterocycles. The summed E-state index contributed by atoms with van der Waals surface area (Å²) < 4.78 is 1.83. The first-order valence-electron chi connectivity index (χ1n) is 7.03. The van der Waals surface area contributed by atoms with Crippen LogP contribution in [0.15, 0.2) is 12.3 Å². The van der Waals surface area contributed by atoms with E-state index in [1.54, 1.807) is 0 Å². The summed E-state index contributed by atoms with van der Waals surface area (Å²) in [6, 6.07) is 1.96. The van der Waals surface area contributed by atoms with Gasteiger partial charge in [0.05, 0.1) is 11.8 Å². The third-order valence-corrected chi connectivity index (χ3v) is 4.14. The number of nitrogens with one attached hydrogen (secondary N) is 1. The maximum atomic E-state index is 5.55. The van der Waals surface area contributed by atoms with E-state index in [4.69, 9.17) is 10.8 Å². The molecule has 0 bridgehead atoms. The molecule has 1 aliphatic carbocycles. The number of rotatable bonds is 3. The molecule has 2 heterocycles. The SMILES string of the molecule is Cc1c(-c2nc(NN)cc(C3CCCC3)n2)cnn1C. The van der Waals surface area contributed by atoms with Crippen molar-refractivity contribution in [3.05, 3.63) is 23.7 Å². The second-order valence-electron chi connectivity index (χ2n) is 5.39. The van der Waals surface area contributed by atoms with Crippen LogP contribution in [0.3, 0.4) is 0 Å². The van der Waals surface area contributed by atoms with Crippen molar-refractivity contribution in [1.29, 1.82) is 0 Å². The van der Waals surface area contributed by atoms with Crippen LogP contribution in [0.4, 0.5) is 5.82 Å². The van der Waals surface area contributed by atoms with Crippen LogP contribution in [-0.2, 0) is 7.05 Å². The van der Waals surface area contributed by atoms with E-state index in [9.17, 15) is 0 Å². The number of nitrogen functional groups attached to an aromatic ring is 1. The Bertz CT molecular complexity index is 612. The summed E-state index contributed by atoms with van der Waals surface area (Å²) >= 11 is 0. The lowest BCUT2D eigenvalue weighted by molar-refractivity contribution is 0.695. The van der Waals surface area contributed by atoms with Crippen LogP contribution < -0.4 is 11.3 Å².